The average Bonchev–Trinajstić information content (AvgIpc) is 2.21. The maximum absolute atomic E-state index is 13.4. The molecule has 2 unspecified atom stereocenters. The lowest BCUT2D eigenvalue weighted by atomic mass is 10.1. The molecule has 0 spiro atoms. The molecule has 6 heteroatoms. The Labute approximate surface area is 109 Å². The van der Waals surface area contributed by atoms with Gasteiger partial charge in [0, 0.05) is 17.1 Å². The van der Waals surface area contributed by atoms with Gasteiger partial charge in [0.25, 0.3) is 0 Å². The SMILES string of the molecule is CC(C(O)Cc1cc(Br)ccc1F)S(C)(=O)=O. The van der Waals surface area contributed by atoms with Crippen LogP contribution in [-0.2, 0) is 16.3 Å². The van der Waals surface area contributed by atoms with Gasteiger partial charge in [0.1, 0.15) is 5.82 Å². The van der Waals surface area contributed by atoms with E-state index < -0.39 is 27.0 Å². The van der Waals surface area contributed by atoms with Crippen LogP contribution in [0, 0.1) is 5.82 Å². The van der Waals surface area contributed by atoms with Crippen molar-refractivity contribution in [1.82, 2.24) is 0 Å². The van der Waals surface area contributed by atoms with Gasteiger partial charge in [0.05, 0.1) is 11.4 Å². The fourth-order valence-electron chi connectivity index (χ4n) is 1.38. The third-order valence-electron chi connectivity index (χ3n) is 2.65. The van der Waals surface area contributed by atoms with E-state index >= 15 is 0 Å². The average molecular weight is 325 g/mol. The van der Waals surface area contributed by atoms with E-state index in [1.54, 1.807) is 6.07 Å². The van der Waals surface area contributed by atoms with E-state index in [0.29, 0.717) is 10.0 Å². The largest absolute Gasteiger partial charge is 0.391 e. The molecule has 1 aromatic carbocycles. The molecular weight excluding hydrogens is 311 g/mol. The molecular formula is C11H14BrFO3S. The molecule has 0 aliphatic carbocycles. The first-order chi connectivity index (χ1) is 7.71. The molecule has 0 amide bonds. The van der Waals surface area contributed by atoms with E-state index in [9.17, 15) is 17.9 Å². The van der Waals surface area contributed by atoms with E-state index in [0.717, 1.165) is 6.26 Å². The summed E-state index contributed by atoms with van der Waals surface area (Å²) in [6, 6.07) is 4.36. The second-order valence-corrected chi connectivity index (χ2v) is 7.36. The van der Waals surface area contributed by atoms with Crippen LogP contribution in [0.4, 0.5) is 4.39 Å². The molecule has 0 aromatic heterocycles. The summed E-state index contributed by atoms with van der Waals surface area (Å²) in [5.41, 5.74) is 0.294. The number of hydrogen-bond donors (Lipinski definition) is 1. The highest BCUT2D eigenvalue weighted by molar-refractivity contribution is 9.10. The molecule has 0 fully saturated rings. The summed E-state index contributed by atoms with van der Waals surface area (Å²) < 4.78 is 36.6. The van der Waals surface area contributed by atoms with Crippen LogP contribution in [0.25, 0.3) is 0 Å². The van der Waals surface area contributed by atoms with Crippen molar-refractivity contribution in [3.63, 3.8) is 0 Å². The van der Waals surface area contributed by atoms with E-state index in [-0.39, 0.29) is 6.42 Å². The Morgan fingerprint density at radius 1 is 1.47 bits per heavy atom. The van der Waals surface area contributed by atoms with Crippen molar-refractivity contribution >= 4 is 25.8 Å². The summed E-state index contributed by atoms with van der Waals surface area (Å²) in [5, 5.41) is 8.85. The van der Waals surface area contributed by atoms with Crippen LogP contribution in [-0.4, -0.2) is 31.1 Å². The van der Waals surface area contributed by atoms with E-state index in [1.165, 1.54) is 19.1 Å². The highest BCUT2D eigenvalue weighted by Crippen LogP contribution is 2.19. The number of halogens is 2. The number of aliphatic hydroxyl groups is 1. The van der Waals surface area contributed by atoms with Gasteiger partial charge >= 0.3 is 0 Å². The molecule has 2 atom stereocenters. The predicted octanol–water partition coefficient (Wildman–Crippen LogP) is 1.92. The molecule has 1 rings (SSSR count). The molecule has 0 saturated heterocycles. The van der Waals surface area contributed by atoms with Crippen molar-refractivity contribution in [2.75, 3.05) is 6.26 Å². The number of aliphatic hydroxyl groups excluding tert-OH is 1. The van der Waals surface area contributed by atoms with E-state index in [1.807, 2.05) is 0 Å². The molecule has 1 aromatic rings. The minimum absolute atomic E-state index is 0.0283. The Kier molecular flexibility index (Phi) is 4.69. The van der Waals surface area contributed by atoms with Crippen LogP contribution in [0.15, 0.2) is 22.7 Å². The molecule has 0 radical (unpaired) electrons. The number of hydrogen-bond acceptors (Lipinski definition) is 3. The third-order valence-corrected chi connectivity index (χ3v) is 4.81. The Balaban J connectivity index is 2.88. The molecule has 1 N–H and O–H groups in total. The van der Waals surface area contributed by atoms with Gasteiger partial charge in [-0.1, -0.05) is 15.9 Å². The molecule has 0 aliphatic rings. The summed E-state index contributed by atoms with van der Waals surface area (Å²) in [6.07, 6.45) is -0.0914. The second kappa shape index (κ2) is 5.46. The maximum atomic E-state index is 13.4. The van der Waals surface area contributed by atoms with Gasteiger partial charge in [-0.2, -0.15) is 0 Å². The minimum atomic E-state index is -3.33. The van der Waals surface area contributed by atoms with Gasteiger partial charge in [-0.05, 0) is 30.7 Å². The van der Waals surface area contributed by atoms with Crippen molar-refractivity contribution < 1.29 is 17.9 Å². The normalized spacial score (nSPS) is 15.6. The summed E-state index contributed by atoms with van der Waals surface area (Å²) in [5.74, 6) is -0.451. The van der Waals surface area contributed by atoms with Gasteiger partial charge < -0.3 is 5.11 Å². The topological polar surface area (TPSA) is 54.4 Å². The molecule has 96 valence electrons. The van der Waals surface area contributed by atoms with Crippen LogP contribution in [0.3, 0.4) is 0 Å². The fraction of sp³-hybridized carbons (Fsp3) is 0.455. The predicted molar refractivity (Wildman–Crippen MR) is 68.1 cm³/mol. The molecule has 0 saturated carbocycles. The number of rotatable bonds is 4. The van der Waals surface area contributed by atoms with Crippen molar-refractivity contribution in [2.24, 2.45) is 0 Å². The molecule has 3 nitrogen and oxygen atoms in total. The van der Waals surface area contributed by atoms with Gasteiger partial charge in [-0.3, -0.25) is 0 Å². The molecule has 0 aliphatic heterocycles. The first kappa shape index (κ1) is 14.6. The van der Waals surface area contributed by atoms with Crippen molar-refractivity contribution in [1.29, 1.82) is 0 Å². The lowest BCUT2D eigenvalue weighted by Crippen LogP contribution is -2.32. The Bertz CT molecular complexity index is 501. The highest BCUT2D eigenvalue weighted by atomic mass is 79.9. The monoisotopic (exact) mass is 324 g/mol. The quantitative estimate of drug-likeness (QED) is 0.920. The molecule has 0 heterocycles. The van der Waals surface area contributed by atoms with Crippen molar-refractivity contribution in [3.8, 4) is 0 Å². The first-order valence-corrected chi connectivity index (χ1v) is 7.77. The lowest BCUT2D eigenvalue weighted by molar-refractivity contribution is 0.172. The minimum Gasteiger partial charge on any atom is -0.391 e. The smallest absolute Gasteiger partial charge is 0.152 e. The van der Waals surface area contributed by atoms with Gasteiger partial charge in [-0.25, -0.2) is 12.8 Å². The van der Waals surface area contributed by atoms with Gasteiger partial charge in [-0.15, -0.1) is 0 Å². The van der Waals surface area contributed by atoms with Crippen LogP contribution in [0.5, 0.6) is 0 Å². The summed E-state index contributed by atoms with van der Waals surface area (Å²) >= 11 is 3.20. The Morgan fingerprint density at radius 2 is 2.06 bits per heavy atom. The fourth-order valence-corrected chi connectivity index (χ4v) is 2.45. The second-order valence-electron chi connectivity index (χ2n) is 4.04. The Morgan fingerprint density at radius 3 is 2.59 bits per heavy atom. The zero-order valence-electron chi connectivity index (χ0n) is 9.52. The van der Waals surface area contributed by atoms with Gasteiger partial charge in [0.15, 0.2) is 9.84 Å². The Hall–Kier alpha value is -0.460. The van der Waals surface area contributed by atoms with Crippen LogP contribution >= 0.6 is 15.9 Å². The van der Waals surface area contributed by atoms with E-state index in [4.69, 9.17) is 0 Å². The summed E-state index contributed by atoms with van der Waals surface area (Å²) in [7, 11) is -3.33. The third kappa shape index (κ3) is 4.04. The standard InChI is InChI=1S/C11H14BrFO3S/c1-7(17(2,15)16)11(14)6-8-5-9(12)3-4-10(8)13/h3-5,7,11,14H,6H2,1-2H3. The van der Waals surface area contributed by atoms with Crippen molar-refractivity contribution in [3.05, 3.63) is 34.1 Å². The van der Waals surface area contributed by atoms with Gasteiger partial charge in [0.2, 0.25) is 0 Å². The highest BCUT2D eigenvalue weighted by Gasteiger charge is 2.25. The summed E-state index contributed by atoms with van der Waals surface area (Å²) in [4.78, 5) is 0. The van der Waals surface area contributed by atoms with Crippen LogP contribution in [0.2, 0.25) is 0 Å². The van der Waals surface area contributed by atoms with Crippen LogP contribution < -0.4 is 0 Å². The zero-order chi connectivity index (χ0) is 13.2. The molecule has 17 heavy (non-hydrogen) atoms. The lowest BCUT2D eigenvalue weighted by Gasteiger charge is -2.17. The van der Waals surface area contributed by atoms with Crippen LogP contribution in [0.1, 0.15) is 12.5 Å². The zero-order valence-corrected chi connectivity index (χ0v) is 11.9. The first-order valence-electron chi connectivity index (χ1n) is 5.02. The summed E-state index contributed by atoms with van der Waals surface area (Å²) in [6.45, 7) is 1.41. The van der Waals surface area contributed by atoms with E-state index in [2.05, 4.69) is 15.9 Å². The molecule has 0 bridgehead atoms. The maximum Gasteiger partial charge on any atom is 0.152 e. The van der Waals surface area contributed by atoms with Crippen molar-refractivity contribution in [2.45, 2.75) is 24.7 Å². The number of benzene rings is 1. The number of sulfone groups is 1.